The molecule has 0 aliphatic rings. The van der Waals surface area contributed by atoms with Crippen molar-refractivity contribution in [3.05, 3.63) is 90.0 Å². The lowest BCUT2D eigenvalue weighted by Gasteiger charge is -2.21. The molecule has 0 heterocycles. The van der Waals surface area contributed by atoms with Gasteiger partial charge in [-0.3, -0.25) is 9.10 Å². The number of amides is 1. The Kier molecular flexibility index (Phi) is 6.42. The van der Waals surface area contributed by atoms with Gasteiger partial charge in [0.05, 0.1) is 23.7 Å². The summed E-state index contributed by atoms with van der Waals surface area (Å²) in [6.07, 6.45) is 0. The molecule has 0 saturated carbocycles. The van der Waals surface area contributed by atoms with E-state index in [1.54, 1.807) is 36.4 Å². The summed E-state index contributed by atoms with van der Waals surface area (Å²) >= 11 is 0. The number of rotatable bonds is 7. The number of carbonyl (C=O) groups excluding carboxylic acids is 1. The fraction of sp³-hybridized carbons (Fsp3) is 0.174. The maximum absolute atomic E-state index is 13.0. The SMILES string of the molecule is COc1ccc(S(=O)(=O)N(C)c2cccc(C(=O)N[C@@H](C)c3ccccc3)c2)cc1. The van der Waals surface area contributed by atoms with Crippen molar-refractivity contribution >= 4 is 21.6 Å². The maximum atomic E-state index is 13.0. The average Bonchev–Trinajstić information content (AvgIpc) is 2.79. The van der Waals surface area contributed by atoms with E-state index in [4.69, 9.17) is 4.74 Å². The Morgan fingerprint density at radius 1 is 0.967 bits per heavy atom. The molecule has 156 valence electrons. The van der Waals surface area contributed by atoms with Gasteiger partial charge in [0.15, 0.2) is 0 Å². The van der Waals surface area contributed by atoms with Crippen molar-refractivity contribution in [2.24, 2.45) is 0 Å². The number of methoxy groups -OCH3 is 1. The molecule has 3 rings (SSSR count). The van der Waals surface area contributed by atoms with Crippen LogP contribution >= 0.6 is 0 Å². The van der Waals surface area contributed by atoms with Gasteiger partial charge in [0.25, 0.3) is 15.9 Å². The molecule has 30 heavy (non-hydrogen) atoms. The highest BCUT2D eigenvalue weighted by atomic mass is 32.2. The summed E-state index contributed by atoms with van der Waals surface area (Å²) in [5.74, 6) is 0.297. The fourth-order valence-corrected chi connectivity index (χ4v) is 4.18. The topological polar surface area (TPSA) is 75.7 Å². The molecule has 0 saturated heterocycles. The lowest BCUT2D eigenvalue weighted by atomic mass is 10.1. The normalized spacial score (nSPS) is 12.1. The van der Waals surface area contributed by atoms with E-state index in [0.717, 1.165) is 9.87 Å². The number of benzene rings is 3. The molecule has 0 fully saturated rings. The van der Waals surface area contributed by atoms with Crippen molar-refractivity contribution in [3.63, 3.8) is 0 Å². The van der Waals surface area contributed by atoms with Crippen LogP contribution in [0.4, 0.5) is 5.69 Å². The molecule has 0 aliphatic heterocycles. The van der Waals surface area contributed by atoms with Gasteiger partial charge in [-0.1, -0.05) is 36.4 Å². The minimum absolute atomic E-state index is 0.137. The molecule has 0 unspecified atom stereocenters. The predicted molar refractivity (Wildman–Crippen MR) is 117 cm³/mol. The molecule has 0 radical (unpaired) electrons. The first-order chi connectivity index (χ1) is 14.3. The number of hydrogen-bond acceptors (Lipinski definition) is 4. The first-order valence-corrected chi connectivity index (χ1v) is 10.9. The predicted octanol–water partition coefficient (Wildman–Crippen LogP) is 4.01. The van der Waals surface area contributed by atoms with Gasteiger partial charge < -0.3 is 10.1 Å². The molecular weight excluding hydrogens is 400 g/mol. The van der Waals surface area contributed by atoms with Crippen LogP contribution in [-0.2, 0) is 10.0 Å². The van der Waals surface area contributed by atoms with Gasteiger partial charge in [0.2, 0.25) is 0 Å². The number of hydrogen-bond donors (Lipinski definition) is 1. The molecule has 1 N–H and O–H groups in total. The quantitative estimate of drug-likeness (QED) is 0.622. The Labute approximate surface area is 177 Å². The van der Waals surface area contributed by atoms with E-state index in [1.165, 1.54) is 26.3 Å². The third-order valence-electron chi connectivity index (χ3n) is 4.84. The summed E-state index contributed by atoms with van der Waals surface area (Å²) in [6, 6.07) is 22.1. The zero-order chi connectivity index (χ0) is 21.7. The van der Waals surface area contributed by atoms with Crippen LogP contribution in [0.3, 0.4) is 0 Å². The molecule has 0 bridgehead atoms. The fourth-order valence-electron chi connectivity index (χ4n) is 2.99. The van der Waals surface area contributed by atoms with E-state index in [1.807, 2.05) is 37.3 Å². The Hall–Kier alpha value is -3.32. The van der Waals surface area contributed by atoms with Crippen LogP contribution in [0.15, 0.2) is 83.8 Å². The molecule has 0 aromatic heterocycles. The lowest BCUT2D eigenvalue weighted by molar-refractivity contribution is 0.0940. The number of nitrogens with one attached hydrogen (secondary N) is 1. The summed E-state index contributed by atoms with van der Waals surface area (Å²) in [7, 11) is -0.799. The van der Waals surface area contributed by atoms with Gasteiger partial charge in [-0.05, 0) is 55.0 Å². The van der Waals surface area contributed by atoms with Crippen LogP contribution in [0.5, 0.6) is 5.75 Å². The number of carbonyl (C=O) groups is 1. The summed E-state index contributed by atoms with van der Waals surface area (Å²) in [6.45, 7) is 1.90. The van der Waals surface area contributed by atoms with Crippen LogP contribution in [-0.4, -0.2) is 28.5 Å². The number of sulfonamides is 1. The molecule has 7 heteroatoms. The number of anilines is 1. The zero-order valence-corrected chi connectivity index (χ0v) is 17.9. The number of nitrogens with zero attached hydrogens (tertiary/aromatic N) is 1. The summed E-state index contributed by atoms with van der Waals surface area (Å²) < 4.78 is 32.2. The van der Waals surface area contributed by atoms with Gasteiger partial charge in [0.1, 0.15) is 5.75 Å². The summed E-state index contributed by atoms with van der Waals surface area (Å²) in [4.78, 5) is 12.8. The minimum atomic E-state index is -3.78. The van der Waals surface area contributed by atoms with Crippen LogP contribution in [0.25, 0.3) is 0 Å². The van der Waals surface area contributed by atoms with E-state index >= 15 is 0 Å². The first-order valence-electron chi connectivity index (χ1n) is 9.42. The Morgan fingerprint density at radius 3 is 2.27 bits per heavy atom. The van der Waals surface area contributed by atoms with Crippen molar-refractivity contribution in [1.29, 1.82) is 0 Å². The van der Waals surface area contributed by atoms with E-state index in [2.05, 4.69) is 5.32 Å². The monoisotopic (exact) mass is 424 g/mol. The van der Waals surface area contributed by atoms with Crippen molar-refractivity contribution in [1.82, 2.24) is 5.32 Å². The van der Waals surface area contributed by atoms with Crippen LogP contribution in [0, 0.1) is 0 Å². The van der Waals surface area contributed by atoms with E-state index < -0.39 is 10.0 Å². The van der Waals surface area contributed by atoms with E-state index in [0.29, 0.717) is 17.0 Å². The third-order valence-corrected chi connectivity index (χ3v) is 6.64. The van der Waals surface area contributed by atoms with Gasteiger partial charge in [0, 0.05) is 12.6 Å². The largest absolute Gasteiger partial charge is 0.497 e. The molecule has 1 amide bonds. The smallest absolute Gasteiger partial charge is 0.264 e. The lowest BCUT2D eigenvalue weighted by Crippen LogP contribution is -2.28. The van der Waals surface area contributed by atoms with E-state index in [9.17, 15) is 13.2 Å². The molecule has 1 atom stereocenters. The molecule has 3 aromatic carbocycles. The highest BCUT2D eigenvalue weighted by Gasteiger charge is 2.22. The maximum Gasteiger partial charge on any atom is 0.264 e. The average molecular weight is 425 g/mol. The first kappa shape index (κ1) is 21.4. The second-order valence-electron chi connectivity index (χ2n) is 6.80. The van der Waals surface area contributed by atoms with Gasteiger partial charge in [-0.15, -0.1) is 0 Å². The standard InChI is InChI=1S/C23H24N2O4S/c1-17(18-8-5-4-6-9-18)24-23(26)19-10-7-11-20(16-19)25(2)30(27,28)22-14-12-21(29-3)13-15-22/h4-17H,1-3H3,(H,24,26)/t17-/m0/s1. The number of ether oxygens (including phenoxy) is 1. The van der Waals surface area contributed by atoms with Crippen LogP contribution < -0.4 is 14.4 Å². The Balaban J connectivity index is 1.80. The van der Waals surface area contributed by atoms with E-state index in [-0.39, 0.29) is 16.8 Å². The van der Waals surface area contributed by atoms with Crippen LogP contribution in [0.2, 0.25) is 0 Å². The van der Waals surface area contributed by atoms with Gasteiger partial charge in [-0.2, -0.15) is 0 Å². The van der Waals surface area contributed by atoms with Crippen molar-refractivity contribution in [2.45, 2.75) is 17.9 Å². The van der Waals surface area contributed by atoms with Crippen molar-refractivity contribution in [3.8, 4) is 5.75 Å². The Bertz CT molecular complexity index is 1110. The highest BCUT2D eigenvalue weighted by Crippen LogP contribution is 2.24. The zero-order valence-electron chi connectivity index (χ0n) is 17.1. The molecule has 6 nitrogen and oxygen atoms in total. The van der Waals surface area contributed by atoms with Gasteiger partial charge >= 0.3 is 0 Å². The highest BCUT2D eigenvalue weighted by molar-refractivity contribution is 7.92. The van der Waals surface area contributed by atoms with Crippen molar-refractivity contribution < 1.29 is 17.9 Å². The molecule has 0 spiro atoms. The van der Waals surface area contributed by atoms with Crippen molar-refractivity contribution in [2.75, 3.05) is 18.5 Å². The molecule has 3 aromatic rings. The minimum Gasteiger partial charge on any atom is -0.497 e. The van der Waals surface area contributed by atoms with Crippen LogP contribution in [0.1, 0.15) is 28.9 Å². The third kappa shape index (κ3) is 4.63. The second-order valence-corrected chi connectivity index (χ2v) is 8.77. The second kappa shape index (κ2) is 9.00. The Morgan fingerprint density at radius 2 is 1.63 bits per heavy atom. The summed E-state index contributed by atoms with van der Waals surface area (Å²) in [5.41, 5.74) is 1.76. The summed E-state index contributed by atoms with van der Waals surface area (Å²) in [5, 5.41) is 2.94. The molecular formula is C23H24N2O4S. The molecule has 0 aliphatic carbocycles. The van der Waals surface area contributed by atoms with Gasteiger partial charge in [-0.25, -0.2) is 8.42 Å².